The average molecular weight is 430 g/mol. The van der Waals surface area contributed by atoms with E-state index in [1.807, 2.05) is 7.11 Å². The molecule has 0 saturated carbocycles. The number of hydrogen-bond donors (Lipinski definition) is 1. The predicted molar refractivity (Wildman–Crippen MR) is 105 cm³/mol. The summed E-state index contributed by atoms with van der Waals surface area (Å²) in [4.78, 5) is 16.0. The van der Waals surface area contributed by atoms with Crippen molar-refractivity contribution >= 4 is 17.3 Å². The molecule has 0 amide bonds. The van der Waals surface area contributed by atoms with Crippen LogP contribution in [-0.4, -0.2) is 53.4 Å². The number of hydrogen-bond acceptors (Lipinski definition) is 5. The van der Waals surface area contributed by atoms with E-state index in [2.05, 4.69) is 52.5 Å². The minimum Gasteiger partial charge on any atom is -0.475 e. The normalized spacial score (nSPS) is 20.0. The van der Waals surface area contributed by atoms with Crippen LogP contribution in [0.25, 0.3) is 0 Å². The lowest BCUT2D eigenvalue weighted by Crippen LogP contribution is -2.44. The van der Waals surface area contributed by atoms with Crippen molar-refractivity contribution in [2.45, 2.75) is 38.6 Å². The molecule has 1 aliphatic rings. The highest BCUT2D eigenvalue weighted by Gasteiger charge is 2.38. The number of rotatable bonds is 5. The van der Waals surface area contributed by atoms with Crippen molar-refractivity contribution in [3.8, 4) is 0 Å². The van der Waals surface area contributed by atoms with Gasteiger partial charge in [0.2, 0.25) is 0 Å². The summed E-state index contributed by atoms with van der Waals surface area (Å²) in [5, 5.41) is 10.5. The minimum atomic E-state index is -5.08. The van der Waals surface area contributed by atoms with Crippen LogP contribution < -0.4 is 0 Å². The number of piperidine rings is 1. The number of thiazole rings is 1. The molecule has 2 aromatic rings. The first-order chi connectivity index (χ1) is 13.7. The van der Waals surface area contributed by atoms with Gasteiger partial charge in [0.25, 0.3) is 0 Å². The van der Waals surface area contributed by atoms with Crippen molar-refractivity contribution in [2.75, 3.05) is 20.2 Å². The number of alkyl halides is 3. The molecule has 0 unspecified atom stereocenters. The van der Waals surface area contributed by atoms with E-state index in [-0.39, 0.29) is 0 Å². The van der Waals surface area contributed by atoms with Gasteiger partial charge in [0.05, 0.1) is 12.6 Å². The fourth-order valence-corrected chi connectivity index (χ4v) is 4.13. The van der Waals surface area contributed by atoms with Crippen molar-refractivity contribution in [1.29, 1.82) is 0 Å². The zero-order valence-corrected chi connectivity index (χ0v) is 17.2. The maximum absolute atomic E-state index is 10.6. The first-order valence-corrected chi connectivity index (χ1v) is 10.1. The van der Waals surface area contributed by atoms with Crippen molar-refractivity contribution in [3.63, 3.8) is 0 Å². The molecule has 3 rings (SSSR count). The molecule has 1 saturated heterocycles. The highest BCUT2D eigenvalue weighted by Crippen LogP contribution is 2.25. The highest BCUT2D eigenvalue weighted by atomic mass is 32.1. The molecule has 1 aromatic carbocycles. The van der Waals surface area contributed by atoms with E-state index < -0.39 is 12.1 Å². The zero-order valence-electron chi connectivity index (χ0n) is 16.4. The number of likely N-dealkylation sites (tertiary alicyclic amines) is 1. The van der Waals surface area contributed by atoms with Gasteiger partial charge in [0.15, 0.2) is 0 Å². The second-order valence-corrected chi connectivity index (χ2v) is 7.88. The van der Waals surface area contributed by atoms with Gasteiger partial charge in [-0.05, 0) is 25.3 Å². The fraction of sp³-hybridized carbons (Fsp3) is 0.500. The molecule has 0 bridgehead atoms. The third kappa shape index (κ3) is 7.75. The van der Waals surface area contributed by atoms with Crippen molar-refractivity contribution in [2.24, 2.45) is 5.92 Å². The molecule has 2 heterocycles. The summed E-state index contributed by atoms with van der Waals surface area (Å²) in [6.45, 7) is 5.23. The Bertz CT molecular complexity index is 768. The predicted octanol–water partition coefficient (Wildman–Crippen LogP) is 4.16. The van der Waals surface area contributed by atoms with E-state index in [1.54, 1.807) is 11.3 Å². The number of nitrogens with zero attached hydrogens (tertiary/aromatic N) is 2. The largest absolute Gasteiger partial charge is 0.490 e. The van der Waals surface area contributed by atoms with Crippen LogP contribution in [0.5, 0.6) is 0 Å². The summed E-state index contributed by atoms with van der Waals surface area (Å²) in [7, 11) is 1.85. The monoisotopic (exact) mass is 430 g/mol. The number of ether oxygens (including phenoxy) is 1. The molecular weight excluding hydrogens is 405 g/mol. The smallest absolute Gasteiger partial charge is 0.475 e. The summed E-state index contributed by atoms with van der Waals surface area (Å²) >= 11 is 1.77. The first kappa shape index (κ1) is 23.3. The highest BCUT2D eigenvalue weighted by molar-refractivity contribution is 7.09. The Hall–Kier alpha value is -1.97. The van der Waals surface area contributed by atoms with E-state index in [1.165, 1.54) is 10.6 Å². The first-order valence-electron chi connectivity index (χ1n) is 9.19. The summed E-state index contributed by atoms with van der Waals surface area (Å²) in [6, 6.07) is 10.8. The number of aryl methyl sites for hydroxylation is 1. The molecule has 1 aliphatic heterocycles. The van der Waals surface area contributed by atoms with Gasteiger partial charge in [-0.15, -0.1) is 11.3 Å². The second kappa shape index (κ2) is 10.7. The number of halogens is 3. The Morgan fingerprint density at radius 3 is 2.52 bits per heavy atom. The van der Waals surface area contributed by atoms with Crippen LogP contribution in [0.15, 0.2) is 35.7 Å². The van der Waals surface area contributed by atoms with Gasteiger partial charge in [-0.3, -0.25) is 4.90 Å². The van der Waals surface area contributed by atoms with Crippen LogP contribution >= 0.6 is 11.3 Å². The average Bonchev–Trinajstić information content (AvgIpc) is 3.07. The van der Waals surface area contributed by atoms with E-state index in [0.29, 0.717) is 12.0 Å². The molecule has 0 spiro atoms. The second-order valence-electron chi connectivity index (χ2n) is 6.93. The van der Waals surface area contributed by atoms with Crippen molar-refractivity contribution in [3.05, 3.63) is 52.0 Å². The van der Waals surface area contributed by atoms with Crippen LogP contribution in [0.4, 0.5) is 13.2 Å². The number of aliphatic carboxylic acids is 1. The molecule has 5 nitrogen and oxygen atoms in total. The maximum Gasteiger partial charge on any atom is 0.490 e. The van der Waals surface area contributed by atoms with Crippen LogP contribution in [0.3, 0.4) is 0 Å². The summed E-state index contributed by atoms with van der Waals surface area (Å²) < 4.78 is 37.5. The van der Waals surface area contributed by atoms with Crippen LogP contribution in [0, 0.1) is 12.8 Å². The third-order valence-corrected chi connectivity index (χ3v) is 5.61. The molecule has 1 N–H and O–H groups in total. The van der Waals surface area contributed by atoms with Crippen LogP contribution in [0.2, 0.25) is 0 Å². The van der Waals surface area contributed by atoms with E-state index in [0.717, 1.165) is 38.2 Å². The molecule has 160 valence electrons. The summed E-state index contributed by atoms with van der Waals surface area (Å²) in [5.41, 5.74) is 2.54. The minimum absolute atomic E-state index is 0.370. The lowest BCUT2D eigenvalue weighted by Gasteiger charge is -2.37. The molecule has 2 atom stereocenters. The number of carboxylic acid groups (broad SMARTS) is 1. The van der Waals surface area contributed by atoms with Crippen molar-refractivity contribution < 1.29 is 27.8 Å². The Morgan fingerprint density at radius 1 is 1.34 bits per heavy atom. The fourth-order valence-electron chi connectivity index (χ4n) is 3.32. The van der Waals surface area contributed by atoms with Crippen LogP contribution in [0.1, 0.15) is 22.7 Å². The molecule has 1 aromatic heterocycles. The standard InChI is InChI=1S/C18H24N2OS.C2HF3O2/c1-14-13-22-18(19-14)12-20-9-8-17(21-2)16(11-20)10-15-6-4-3-5-7-15;3-2(4,5)1(6)7/h3-7,13,16-17H,8-12H2,1-2H3;(H,6,7)/t16-,17-;/m0./s1. The van der Waals surface area contributed by atoms with Gasteiger partial charge >= 0.3 is 12.1 Å². The Labute approximate surface area is 172 Å². The molecule has 9 heteroatoms. The molecule has 29 heavy (non-hydrogen) atoms. The Morgan fingerprint density at radius 2 is 2.00 bits per heavy atom. The Kier molecular flexibility index (Phi) is 8.60. The number of carbonyl (C=O) groups is 1. The lowest BCUT2D eigenvalue weighted by molar-refractivity contribution is -0.192. The number of aromatic nitrogens is 1. The number of carboxylic acids is 1. The maximum atomic E-state index is 10.6. The summed E-state index contributed by atoms with van der Waals surface area (Å²) in [5.74, 6) is -2.20. The number of benzene rings is 1. The lowest BCUT2D eigenvalue weighted by atomic mass is 9.88. The quantitative estimate of drug-likeness (QED) is 0.772. The van der Waals surface area contributed by atoms with E-state index in [4.69, 9.17) is 14.6 Å². The van der Waals surface area contributed by atoms with Gasteiger partial charge in [-0.2, -0.15) is 13.2 Å². The molecular formula is C20H25F3N2O3S. The van der Waals surface area contributed by atoms with Crippen LogP contribution in [-0.2, 0) is 22.5 Å². The topological polar surface area (TPSA) is 62.7 Å². The van der Waals surface area contributed by atoms with Gasteiger partial charge in [-0.1, -0.05) is 30.3 Å². The Balaban J connectivity index is 0.000000370. The molecule has 0 radical (unpaired) electrons. The van der Waals surface area contributed by atoms with Gasteiger partial charge < -0.3 is 9.84 Å². The van der Waals surface area contributed by atoms with E-state index >= 15 is 0 Å². The zero-order chi connectivity index (χ0) is 21.4. The third-order valence-electron chi connectivity index (χ3n) is 4.66. The molecule has 1 fully saturated rings. The van der Waals surface area contributed by atoms with Crippen molar-refractivity contribution in [1.82, 2.24) is 9.88 Å². The van der Waals surface area contributed by atoms with Gasteiger partial charge in [0, 0.05) is 37.2 Å². The number of methoxy groups -OCH3 is 1. The SMILES string of the molecule is CO[C@H]1CCN(Cc2nc(C)cs2)C[C@@H]1Cc1ccccc1.O=C(O)C(F)(F)F. The summed E-state index contributed by atoms with van der Waals surface area (Å²) in [6.07, 6.45) is -2.51. The van der Waals surface area contributed by atoms with Gasteiger partial charge in [-0.25, -0.2) is 9.78 Å². The molecule has 0 aliphatic carbocycles. The van der Waals surface area contributed by atoms with Gasteiger partial charge in [0.1, 0.15) is 5.01 Å². The van der Waals surface area contributed by atoms with E-state index in [9.17, 15) is 13.2 Å².